The van der Waals surface area contributed by atoms with Gasteiger partial charge < -0.3 is 10.1 Å². The van der Waals surface area contributed by atoms with Gasteiger partial charge in [0.15, 0.2) is 11.6 Å². The summed E-state index contributed by atoms with van der Waals surface area (Å²) < 4.78 is 20.0. The molecule has 0 spiro atoms. The Labute approximate surface area is 156 Å². The van der Waals surface area contributed by atoms with Crippen LogP contribution in [0.4, 0.5) is 4.39 Å². The fraction of sp³-hybridized carbons (Fsp3) is 0.300. The first-order chi connectivity index (χ1) is 12.4. The van der Waals surface area contributed by atoms with E-state index in [2.05, 4.69) is 22.1 Å². The van der Waals surface area contributed by atoms with E-state index in [-0.39, 0.29) is 5.75 Å². The molecule has 134 valence electrons. The van der Waals surface area contributed by atoms with Crippen LogP contribution in [0.15, 0.2) is 24.4 Å². The van der Waals surface area contributed by atoms with Crippen LogP contribution in [0.2, 0.25) is 0 Å². The average molecular weight is 370 g/mol. The summed E-state index contributed by atoms with van der Waals surface area (Å²) >= 11 is 1.14. The van der Waals surface area contributed by atoms with Crippen LogP contribution in [0.25, 0.3) is 10.9 Å². The van der Waals surface area contributed by atoms with Crippen molar-refractivity contribution in [3.63, 3.8) is 0 Å². The maximum atomic E-state index is 14.4. The summed E-state index contributed by atoms with van der Waals surface area (Å²) in [6.07, 6.45) is 14.6. The van der Waals surface area contributed by atoms with Crippen molar-refractivity contribution in [1.29, 1.82) is 0 Å². The van der Waals surface area contributed by atoms with Crippen molar-refractivity contribution in [2.45, 2.75) is 31.2 Å². The molecule has 0 fully saturated rings. The third-order valence-corrected chi connectivity index (χ3v) is 4.73. The van der Waals surface area contributed by atoms with Crippen LogP contribution in [0.3, 0.4) is 0 Å². The van der Waals surface area contributed by atoms with Gasteiger partial charge in [0.2, 0.25) is 5.44 Å². The van der Waals surface area contributed by atoms with E-state index in [1.54, 1.807) is 19.2 Å². The van der Waals surface area contributed by atoms with Gasteiger partial charge in [0.1, 0.15) is 0 Å². The van der Waals surface area contributed by atoms with Crippen LogP contribution in [-0.4, -0.2) is 28.1 Å². The lowest BCUT2D eigenvalue weighted by atomic mass is 10.0. The number of benzene rings is 1. The van der Waals surface area contributed by atoms with E-state index in [4.69, 9.17) is 17.6 Å². The molecule has 1 N–H and O–H groups in total. The number of amides is 1. The molecule has 0 aliphatic rings. The predicted molar refractivity (Wildman–Crippen MR) is 103 cm³/mol. The van der Waals surface area contributed by atoms with E-state index in [0.717, 1.165) is 11.8 Å². The summed E-state index contributed by atoms with van der Waals surface area (Å²) in [6, 6.07) is 4.43. The molecule has 2 aromatic rings. The molecular weight excluding hydrogens is 351 g/mol. The van der Waals surface area contributed by atoms with Gasteiger partial charge in [-0.25, -0.2) is 4.39 Å². The highest BCUT2D eigenvalue weighted by Gasteiger charge is 2.28. The molecule has 0 saturated heterocycles. The summed E-state index contributed by atoms with van der Waals surface area (Å²) in [5, 5.41) is 3.38. The summed E-state index contributed by atoms with van der Waals surface area (Å²) in [7, 11) is 0. The highest BCUT2D eigenvalue weighted by atomic mass is 32.2. The number of carbonyl (C=O) groups excluding carboxylic acids is 1. The lowest BCUT2D eigenvalue weighted by molar-refractivity contribution is -0.125. The van der Waals surface area contributed by atoms with E-state index in [1.807, 2.05) is 6.92 Å². The first-order valence-electron chi connectivity index (χ1n) is 7.91. The highest BCUT2D eigenvalue weighted by Crippen LogP contribution is 2.27. The average Bonchev–Trinajstić information content (AvgIpc) is 2.65. The van der Waals surface area contributed by atoms with Gasteiger partial charge in [0, 0.05) is 23.2 Å². The molecule has 2 atom stereocenters. The third-order valence-electron chi connectivity index (χ3n) is 3.99. The van der Waals surface area contributed by atoms with Crippen molar-refractivity contribution in [2.75, 3.05) is 6.26 Å². The summed E-state index contributed by atoms with van der Waals surface area (Å²) in [5.74, 6) is 3.94. The Morgan fingerprint density at radius 3 is 2.77 bits per heavy atom. The van der Waals surface area contributed by atoms with Crippen LogP contribution in [0, 0.1) is 30.5 Å². The molecule has 0 saturated carbocycles. The molecule has 0 bridgehead atoms. The maximum Gasteiger partial charge on any atom is 0.272 e. The van der Waals surface area contributed by atoms with Gasteiger partial charge in [-0.2, -0.15) is 0 Å². The molecule has 4 nitrogen and oxygen atoms in total. The Morgan fingerprint density at radius 1 is 1.46 bits per heavy atom. The van der Waals surface area contributed by atoms with Crippen LogP contribution < -0.4 is 10.1 Å². The van der Waals surface area contributed by atoms with Crippen molar-refractivity contribution in [2.24, 2.45) is 0 Å². The van der Waals surface area contributed by atoms with E-state index in [1.165, 1.54) is 18.3 Å². The molecule has 1 aromatic carbocycles. The molecule has 0 radical (unpaired) electrons. The SMILES string of the molecule is C#Cc1cnc2cc(F)c(OC(SC)C(=O)NC(C)(C#C)CC)cc2c1. The second-order valence-corrected chi connectivity index (χ2v) is 6.75. The van der Waals surface area contributed by atoms with Gasteiger partial charge in [-0.3, -0.25) is 9.78 Å². The Hall–Kier alpha value is -2.70. The van der Waals surface area contributed by atoms with Crippen LogP contribution in [0.1, 0.15) is 25.8 Å². The van der Waals surface area contributed by atoms with E-state index in [9.17, 15) is 9.18 Å². The number of pyridine rings is 1. The lowest BCUT2D eigenvalue weighted by Gasteiger charge is -2.26. The number of ether oxygens (including phenoxy) is 1. The van der Waals surface area contributed by atoms with Gasteiger partial charge in [-0.15, -0.1) is 24.6 Å². The quantitative estimate of drug-likeness (QED) is 0.626. The van der Waals surface area contributed by atoms with Crippen molar-refractivity contribution in [1.82, 2.24) is 10.3 Å². The summed E-state index contributed by atoms with van der Waals surface area (Å²) in [6.45, 7) is 3.61. The molecule has 6 heteroatoms. The first-order valence-corrected chi connectivity index (χ1v) is 9.19. The summed E-state index contributed by atoms with van der Waals surface area (Å²) in [5.41, 5.74) is -0.723. The van der Waals surface area contributed by atoms with Crippen molar-refractivity contribution in [3.05, 3.63) is 35.8 Å². The molecule has 1 heterocycles. The minimum atomic E-state index is -0.954. The predicted octanol–water partition coefficient (Wildman–Crippen LogP) is 3.34. The number of rotatable bonds is 6. The van der Waals surface area contributed by atoms with Crippen molar-refractivity contribution < 1.29 is 13.9 Å². The Morgan fingerprint density at radius 2 is 2.19 bits per heavy atom. The number of fused-ring (bicyclic) bond motifs is 1. The van der Waals surface area contributed by atoms with Gasteiger partial charge >= 0.3 is 0 Å². The van der Waals surface area contributed by atoms with Crippen LogP contribution in [-0.2, 0) is 4.79 Å². The maximum absolute atomic E-state index is 14.4. The number of terminal acetylenes is 2. The van der Waals surface area contributed by atoms with E-state index < -0.39 is 22.7 Å². The van der Waals surface area contributed by atoms with Gasteiger partial charge in [-0.1, -0.05) is 18.8 Å². The topological polar surface area (TPSA) is 51.2 Å². The fourth-order valence-corrected chi connectivity index (χ4v) is 2.65. The zero-order chi connectivity index (χ0) is 19.3. The number of halogens is 1. The zero-order valence-electron chi connectivity index (χ0n) is 14.8. The molecule has 26 heavy (non-hydrogen) atoms. The minimum Gasteiger partial charge on any atom is -0.467 e. The van der Waals surface area contributed by atoms with Crippen molar-refractivity contribution in [3.8, 4) is 30.4 Å². The number of aromatic nitrogens is 1. The molecule has 2 unspecified atom stereocenters. The van der Waals surface area contributed by atoms with Gasteiger partial charge in [-0.05, 0) is 31.7 Å². The number of nitrogens with zero attached hydrogens (tertiary/aromatic N) is 1. The first kappa shape index (κ1) is 19.6. The number of thioether (sulfide) groups is 1. The smallest absolute Gasteiger partial charge is 0.272 e. The molecular formula is C20H19FN2O2S. The van der Waals surface area contributed by atoms with E-state index >= 15 is 0 Å². The largest absolute Gasteiger partial charge is 0.467 e. The fourth-order valence-electron chi connectivity index (χ4n) is 2.18. The number of nitrogens with one attached hydrogen (secondary N) is 1. The Kier molecular flexibility index (Phi) is 6.13. The molecule has 1 aromatic heterocycles. The van der Waals surface area contributed by atoms with Gasteiger partial charge in [0.25, 0.3) is 5.91 Å². The van der Waals surface area contributed by atoms with Gasteiger partial charge in [0.05, 0.1) is 11.1 Å². The Balaban J connectivity index is 2.30. The number of hydrogen-bond acceptors (Lipinski definition) is 4. The normalized spacial score (nSPS) is 13.9. The summed E-state index contributed by atoms with van der Waals surface area (Å²) in [4.78, 5) is 16.6. The monoisotopic (exact) mass is 370 g/mol. The molecule has 0 aliphatic heterocycles. The standard InChI is InChI=1S/C20H19FN2O2S/c1-6-13-9-14-10-17(15(21)11-16(14)22-12-13)25-19(26-5)18(24)23-20(4,7-2)8-3/h1-2,9-12,19H,8H2,3-5H3,(H,23,24). The second-order valence-electron chi connectivity index (χ2n) is 5.85. The highest BCUT2D eigenvalue weighted by molar-refractivity contribution is 7.99. The number of hydrogen-bond donors (Lipinski definition) is 1. The van der Waals surface area contributed by atoms with Crippen molar-refractivity contribution >= 4 is 28.6 Å². The van der Waals surface area contributed by atoms with Crippen LogP contribution >= 0.6 is 11.8 Å². The second kappa shape index (κ2) is 8.12. The number of carbonyl (C=O) groups is 1. The molecule has 2 rings (SSSR count). The third kappa shape index (κ3) is 4.28. The molecule has 0 aliphatic carbocycles. The van der Waals surface area contributed by atoms with E-state index in [0.29, 0.717) is 22.9 Å². The Bertz CT molecular complexity index is 916. The minimum absolute atomic E-state index is 0.0538. The molecule has 1 amide bonds. The zero-order valence-corrected chi connectivity index (χ0v) is 15.6. The van der Waals surface area contributed by atoms with Crippen LogP contribution in [0.5, 0.6) is 5.75 Å². The lowest BCUT2D eigenvalue weighted by Crippen LogP contribution is -2.49.